The number of amides is 1. The molecule has 0 bridgehead atoms. The van der Waals surface area contributed by atoms with E-state index in [2.05, 4.69) is 50.0 Å². The molecule has 1 amide bonds. The van der Waals surface area contributed by atoms with Gasteiger partial charge in [0, 0.05) is 42.1 Å². The number of benzene rings is 1. The van der Waals surface area contributed by atoms with Crippen LogP contribution in [0.3, 0.4) is 0 Å². The third kappa shape index (κ3) is 3.67. The molecule has 132 valence electrons. The highest BCUT2D eigenvalue weighted by Gasteiger charge is 2.13. The van der Waals surface area contributed by atoms with Crippen LogP contribution in [0.25, 0.3) is 11.3 Å². The van der Waals surface area contributed by atoms with Gasteiger partial charge in [0.25, 0.3) is 5.91 Å². The summed E-state index contributed by atoms with van der Waals surface area (Å²) >= 11 is 1.45. The van der Waals surface area contributed by atoms with Crippen LogP contribution < -0.4 is 15.8 Å². The predicted octanol–water partition coefficient (Wildman–Crippen LogP) is 3.56. The van der Waals surface area contributed by atoms with Crippen LogP contribution in [-0.4, -0.2) is 29.0 Å². The van der Waals surface area contributed by atoms with Crippen molar-refractivity contribution in [3.05, 3.63) is 59.7 Å². The topological polar surface area (TPSA) is 70.2 Å². The number of hydrogen-bond acceptors (Lipinski definition) is 6. The number of rotatable bonds is 5. The number of hydrogen-bond donors (Lipinski definition) is 2. The molecule has 6 nitrogen and oxygen atoms in total. The van der Waals surface area contributed by atoms with Crippen molar-refractivity contribution in [2.24, 2.45) is 0 Å². The summed E-state index contributed by atoms with van der Waals surface area (Å²) in [5.74, 6) is -0.246. The lowest BCUT2D eigenvalue weighted by molar-refractivity contribution is 0.0962. The van der Waals surface area contributed by atoms with Crippen molar-refractivity contribution in [1.29, 1.82) is 0 Å². The Morgan fingerprint density at radius 1 is 1.12 bits per heavy atom. The second-order valence-electron chi connectivity index (χ2n) is 6.10. The van der Waals surface area contributed by atoms with Gasteiger partial charge in [0.1, 0.15) is 0 Å². The third-order valence-corrected chi connectivity index (χ3v) is 5.10. The van der Waals surface area contributed by atoms with Crippen molar-refractivity contribution in [2.45, 2.75) is 12.8 Å². The molecule has 1 saturated heterocycles. The van der Waals surface area contributed by atoms with E-state index in [0.717, 1.165) is 24.3 Å². The van der Waals surface area contributed by atoms with Gasteiger partial charge in [-0.2, -0.15) is 0 Å². The van der Waals surface area contributed by atoms with Gasteiger partial charge in [-0.15, -0.1) is 11.3 Å². The molecule has 0 radical (unpaired) electrons. The van der Waals surface area contributed by atoms with Crippen molar-refractivity contribution < 1.29 is 4.79 Å². The first kappa shape index (κ1) is 16.5. The fourth-order valence-electron chi connectivity index (χ4n) is 2.96. The number of hydrazine groups is 1. The average Bonchev–Trinajstić information content (AvgIpc) is 3.39. The fourth-order valence-corrected chi connectivity index (χ4v) is 3.63. The largest absolute Gasteiger partial charge is 0.372 e. The minimum Gasteiger partial charge on any atom is -0.372 e. The van der Waals surface area contributed by atoms with Crippen LogP contribution in [0.15, 0.2) is 54.2 Å². The number of pyridine rings is 1. The van der Waals surface area contributed by atoms with Gasteiger partial charge in [0.2, 0.25) is 5.13 Å². The van der Waals surface area contributed by atoms with Crippen LogP contribution in [0.1, 0.15) is 23.2 Å². The van der Waals surface area contributed by atoms with Crippen molar-refractivity contribution in [3.8, 4) is 11.3 Å². The Morgan fingerprint density at radius 2 is 1.92 bits per heavy atom. The summed E-state index contributed by atoms with van der Waals surface area (Å²) in [5.41, 5.74) is 9.22. The standard InChI is InChI=1S/C19H19N5OS/c25-18(15-4-3-9-20-12-15)22-23-19-21-17(13-26-19)14-5-7-16(8-6-14)24-10-1-2-11-24/h3-9,12-13H,1-2,10-11H2,(H,21,23)(H,22,25). The number of anilines is 2. The van der Waals surface area contributed by atoms with E-state index in [0.29, 0.717) is 10.7 Å². The number of nitrogens with zero attached hydrogens (tertiary/aromatic N) is 3. The molecule has 1 fully saturated rings. The normalized spacial score (nSPS) is 13.6. The number of aromatic nitrogens is 2. The quantitative estimate of drug-likeness (QED) is 0.677. The van der Waals surface area contributed by atoms with E-state index < -0.39 is 0 Å². The highest BCUT2D eigenvalue weighted by molar-refractivity contribution is 7.14. The Balaban J connectivity index is 1.39. The summed E-state index contributed by atoms with van der Waals surface area (Å²) in [4.78, 5) is 22.9. The van der Waals surface area contributed by atoms with Gasteiger partial charge in [-0.1, -0.05) is 12.1 Å². The van der Waals surface area contributed by atoms with E-state index in [1.807, 2.05) is 5.38 Å². The summed E-state index contributed by atoms with van der Waals surface area (Å²) in [6, 6.07) is 11.9. The molecule has 4 rings (SSSR count). The van der Waals surface area contributed by atoms with Gasteiger partial charge in [0.05, 0.1) is 11.3 Å². The van der Waals surface area contributed by atoms with Gasteiger partial charge in [-0.05, 0) is 37.1 Å². The molecule has 0 saturated carbocycles. The number of thiazole rings is 1. The molecule has 1 aromatic carbocycles. The van der Waals surface area contributed by atoms with Crippen LogP contribution in [0.2, 0.25) is 0 Å². The van der Waals surface area contributed by atoms with Crippen molar-refractivity contribution in [1.82, 2.24) is 15.4 Å². The SMILES string of the molecule is O=C(NNc1nc(-c2ccc(N3CCCC3)cc2)cs1)c1cccnc1. The molecule has 0 spiro atoms. The highest BCUT2D eigenvalue weighted by atomic mass is 32.1. The van der Waals surface area contributed by atoms with E-state index in [1.165, 1.54) is 36.1 Å². The van der Waals surface area contributed by atoms with Crippen LogP contribution in [0.5, 0.6) is 0 Å². The predicted molar refractivity (Wildman–Crippen MR) is 104 cm³/mol. The van der Waals surface area contributed by atoms with Gasteiger partial charge < -0.3 is 4.90 Å². The minimum absolute atomic E-state index is 0.246. The zero-order valence-electron chi connectivity index (χ0n) is 14.2. The molecule has 0 aliphatic carbocycles. The van der Waals surface area contributed by atoms with E-state index in [4.69, 9.17) is 0 Å². The molecule has 26 heavy (non-hydrogen) atoms. The second-order valence-corrected chi connectivity index (χ2v) is 6.96. The van der Waals surface area contributed by atoms with E-state index in [-0.39, 0.29) is 5.91 Å². The van der Waals surface area contributed by atoms with E-state index in [9.17, 15) is 4.79 Å². The zero-order valence-corrected chi connectivity index (χ0v) is 15.0. The van der Waals surface area contributed by atoms with Crippen LogP contribution >= 0.6 is 11.3 Å². The smallest absolute Gasteiger partial charge is 0.271 e. The molecule has 3 aromatic rings. The Hall–Kier alpha value is -2.93. The van der Waals surface area contributed by atoms with E-state index >= 15 is 0 Å². The number of carbonyl (C=O) groups is 1. The molecule has 0 atom stereocenters. The Labute approximate surface area is 155 Å². The lowest BCUT2D eigenvalue weighted by Crippen LogP contribution is -2.29. The van der Waals surface area contributed by atoms with Crippen LogP contribution in [0, 0.1) is 0 Å². The summed E-state index contributed by atoms with van der Waals surface area (Å²) in [7, 11) is 0. The van der Waals surface area contributed by atoms with Crippen LogP contribution in [-0.2, 0) is 0 Å². The van der Waals surface area contributed by atoms with Gasteiger partial charge >= 0.3 is 0 Å². The molecule has 1 aliphatic heterocycles. The maximum absolute atomic E-state index is 12.0. The third-order valence-electron chi connectivity index (χ3n) is 4.35. The van der Waals surface area contributed by atoms with Gasteiger partial charge in [-0.25, -0.2) is 4.98 Å². The molecule has 3 heterocycles. The Morgan fingerprint density at radius 3 is 2.65 bits per heavy atom. The minimum atomic E-state index is -0.246. The summed E-state index contributed by atoms with van der Waals surface area (Å²) < 4.78 is 0. The van der Waals surface area contributed by atoms with Crippen LogP contribution in [0.4, 0.5) is 10.8 Å². The molecule has 7 heteroatoms. The summed E-state index contributed by atoms with van der Waals surface area (Å²) in [6.45, 7) is 2.28. The second kappa shape index (κ2) is 7.53. The first-order valence-electron chi connectivity index (χ1n) is 8.57. The highest BCUT2D eigenvalue weighted by Crippen LogP contribution is 2.27. The monoisotopic (exact) mass is 365 g/mol. The zero-order chi connectivity index (χ0) is 17.8. The molecule has 2 N–H and O–H groups in total. The summed E-state index contributed by atoms with van der Waals surface area (Å²) in [5, 5.41) is 2.62. The van der Waals surface area contributed by atoms with Crippen molar-refractivity contribution in [2.75, 3.05) is 23.4 Å². The number of nitrogens with one attached hydrogen (secondary N) is 2. The molecular weight excluding hydrogens is 346 g/mol. The van der Waals surface area contributed by atoms with E-state index in [1.54, 1.807) is 18.3 Å². The van der Waals surface area contributed by atoms with Gasteiger partial charge in [-0.3, -0.25) is 20.6 Å². The molecule has 1 aliphatic rings. The first-order chi connectivity index (χ1) is 12.8. The fraction of sp³-hybridized carbons (Fsp3) is 0.211. The lowest BCUT2D eigenvalue weighted by Gasteiger charge is -2.17. The Kier molecular flexibility index (Phi) is 4.79. The lowest BCUT2D eigenvalue weighted by atomic mass is 10.1. The van der Waals surface area contributed by atoms with Crippen molar-refractivity contribution >= 4 is 28.1 Å². The number of carbonyl (C=O) groups excluding carboxylic acids is 1. The maximum atomic E-state index is 12.0. The molecule has 2 aromatic heterocycles. The van der Waals surface area contributed by atoms with Crippen molar-refractivity contribution in [3.63, 3.8) is 0 Å². The average molecular weight is 365 g/mol. The van der Waals surface area contributed by atoms with Gasteiger partial charge in [0.15, 0.2) is 0 Å². The first-order valence-corrected chi connectivity index (χ1v) is 9.45. The Bertz CT molecular complexity index is 872. The summed E-state index contributed by atoms with van der Waals surface area (Å²) in [6.07, 6.45) is 5.69. The molecule has 0 unspecified atom stereocenters. The maximum Gasteiger partial charge on any atom is 0.271 e. The molecular formula is C19H19N5OS.